The molecule has 5 aromatic carbocycles. The van der Waals surface area contributed by atoms with Gasteiger partial charge in [0.25, 0.3) is 36.0 Å². The van der Waals surface area contributed by atoms with Crippen molar-refractivity contribution in [3.63, 3.8) is 0 Å². The number of nitro benzene ring substituents is 1. The third-order valence-corrected chi connectivity index (χ3v) is 11.7. The molecular weight excluding hydrogens is 873 g/mol. The minimum absolute atomic E-state index is 0.0476. The number of nitrogens with one attached hydrogen (secondary N) is 2. The first kappa shape index (κ1) is 42.5. The molecule has 0 heterocycles. The number of carbonyl (C=O) groups is 2. The number of hydrogen-bond acceptors (Lipinski definition) is 17. The number of carbonyl (C=O) groups excluding carboxylic acids is 2. The first-order valence-corrected chi connectivity index (χ1v) is 21.6. The molecule has 62 heavy (non-hydrogen) atoms. The molecule has 0 aromatic heterocycles. The van der Waals surface area contributed by atoms with Crippen molar-refractivity contribution in [3.05, 3.63) is 146 Å². The van der Waals surface area contributed by atoms with E-state index in [-0.39, 0.29) is 33.9 Å². The molecule has 0 spiro atoms. The van der Waals surface area contributed by atoms with Crippen molar-refractivity contribution in [2.24, 2.45) is 20.4 Å². The van der Waals surface area contributed by atoms with E-state index in [0.29, 0.717) is 29.0 Å². The number of ketones is 2. The van der Waals surface area contributed by atoms with Crippen molar-refractivity contribution in [1.29, 1.82) is 0 Å². The summed E-state index contributed by atoms with van der Waals surface area (Å²) in [6.07, 6.45) is 1.69. The van der Waals surface area contributed by atoms with Crippen LogP contribution in [0, 0.1) is 10.1 Å². The van der Waals surface area contributed by atoms with Gasteiger partial charge in [0, 0.05) is 23.3 Å². The molecule has 0 fully saturated rings. The van der Waals surface area contributed by atoms with Gasteiger partial charge in [0.15, 0.2) is 5.71 Å². The molecule has 7 N–H and O–H groups in total. The molecule has 314 valence electrons. The lowest BCUT2D eigenvalue weighted by Crippen LogP contribution is -2.28. The highest BCUT2D eigenvalue weighted by molar-refractivity contribution is 7.95. The van der Waals surface area contributed by atoms with Crippen LogP contribution in [-0.2, 0) is 30.4 Å². The molecule has 2 aliphatic rings. The second-order valence-corrected chi connectivity index (χ2v) is 17.2. The summed E-state index contributed by atoms with van der Waals surface area (Å²) in [7, 11) is -15.1. The summed E-state index contributed by atoms with van der Waals surface area (Å²) in [6.45, 7) is 0. The lowest BCUT2D eigenvalue weighted by molar-refractivity contribution is -0.384. The maximum absolute atomic E-state index is 13.9. The minimum atomic E-state index is -5.21. The topological polar surface area (TPSA) is 340 Å². The molecule has 5 aromatic rings. The van der Waals surface area contributed by atoms with Gasteiger partial charge in [-0.15, -0.1) is 5.11 Å². The number of Topliss-reactive ketones (excluding diaryl/α,β-unsaturated/α-hetero) is 2. The Morgan fingerprint density at radius 3 is 1.77 bits per heavy atom. The quantitative estimate of drug-likeness (QED) is 0.0279. The largest absolute Gasteiger partial charge is 0.396 e. The molecule has 7 rings (SSSR count). The van der Waals surface area contributed by atoms with Gasteiger partial charge in [-0.1, -0.05) is 54.6 Å². The van der Waals surface area contributed by atoms with Gasteiger partial charge in [-0.25, -0.2) is 0 Å². The molecular formula is C38H26N8O13S3. The fourth-order valence-electron chi connectivity index (χ4n) is 6.19. The molecule has 0 amide bonds. The normalized spacial score (nSPS) is 15.5. The van der Waals surface area contributed by atoms with Crippen molar-refractivity contribution >= 4 is 98.4 Å². The number of azo groups is 1. The molecule has 0 saturated heterocycles. The maximum atomic E-state index is 13.9. The molecule has 2 aliphatic carbocycles. The highest BCUT2D eigenvalue weighted by Gasteiger charge is 2.37. The average Bonchev–Trinajstić information content (AvgIpc) is 3.22. The van der Waals surface area contributed by atoms with Gasteiger partial charge in [0.1, 0.15) is 26.1 Å². The van der Waals surface area contributed by atoms with Gasteiger partial charge in [0.05, 0.1) is 33.2 Å². The van der Waals surface area contributed by atoms with Gasteiger partial charge in [-0.2, -0.15) is 40.6 Å². The van der Waals surface area contributed by atoms with E-state index in [1.165, 1.54) is 42.5 Å². The maximum Gasteiger partial charge on any atom is 0.296 e. The zero-order valence-electron chi connectivity index (χ0n) is 30.9. The lowest BCUT2D eigenvalue weighted by Gasteiger charge is -2.20. The number of hydrogen-bond donors (Lipinski definition) is 6. The fraction of sp³-hybridized carbons (Fsp3) is 0. The molecule has 0 saturated carbocycles. The number of allylic oxidation sites excluding steroid dienone is 2. The molecule has 0 radical (unpaired) electrons. The zero-order chi connectivity index (χ0) is 44.7. The lowest BCUT2D eigenvalue weighted by atomic mass is 9.92. The number of rotatable bonds is 11. The predicted octanol–water partition coefficient (Wildman–Crippen LogP) is 6.29. The summed E-state index contributed by atoms with van der Waals surface area (Å²) in [6, 6.07) is 24.2. The molecule has 0 aliphatic heterocycles. The van der Waals surface area contributed by atoms with E-state index in [1.807, 2.05) is 0 Å². The van der Waals surface area contributed by atoms with Gasteiger partial charge in [0.2, 0.25) is 11.6 Å². The summed E-state index contributed by atoms with van der Waals surface area (Å²) in [5.74, 6) is -1.77. The minimum Gasteiger partial charge on any atom is -0.396 e. The van der Waals surface area contributed by atoms with E-state index >= 15 is 0 Å². The molecule has 0 atom stereocenters. The Kier molecular flexibility index (Phi) is 11.0. The van der Waals surface area contributed by atoms with Crippen LogP contribution in [0.3, 0.4) is 0 Å². The number of nitrogen functional groups attached to an aromatic ring is 1. The van der Waals surface area contributed by atoms with Crippen LogP contribution in [0.1, 0.15) is 31.8 Å². The third-order valence-electron chi connectivity index (χ3n) is 9.08. The Morgan fingerprint density at radius 2 is 1.21 bits per heavy atom. The molecule has 21 nitrogen and oxygen atoms in total. The van der Waals surface area contributed by atoms with Crippen LogP contribution in [0.25, 0.3) is 22.1 Å². The number of nitrogens with two attached hydrogens (primary N) is 1. The summed E-state index contributed by atoms with van der Waals surface area (Å²) < 4.78 is 103. The zero-order valence-corrected chi connectivity index (χ0v) is 33.4. The number of benzene rings is 5. The van der Waals surface area contributed by atoms with Crippen molar-refractivity contribution in [3.8, 4) is 11.1 Å². The van der Waals surface area contributed by atoms with E-state index < -0.39 is 89.8 Å². The summed E-state index contributed by atoms with van der Waals surface area (Å²) in [4.78, 5) is 34.8. The second kappa shape index (κ2) is 16.1. The number of hydrazone groups is 2. The van der Waals surface area contributed by atoms with Crippen LogP contribution >= 0.6 is 0 Å². The van der Waals surface area contributed by atoms with Crippen molar-refractivity contribution in [1.82, 2.24) is 0 Å². The van der Waals surface area contributed by atoms with Gasteiger partial charge < -0.3 is 5.73 Å². The predicted molar refractivity (Wildman–Crippen MR) is 226 cm³/mol. The Labute approximate surface area is 350 Å². The SMILES string of the molecule is Nc1c(N=Nc2cccc([N+](=O)[O-])c2)c(S(=O)(=O)O)cc2c1C(=O)/C(=N\Nc1ccc(-c3ccc(N/N=C4\C=C(S(=O)(=O)O)c5ccccc5C4=O)cc3)cc1)C(S(=O)(=O)O)=C2. The summed E-state index contributed by atoms with van der Waals surface area (Å²) in [5, 5.41) is 26.7. The molecule has 0 unspecified atom stereocenters. The van der Waals surface area contributed by atoms with E-state index in [9.17, 15) is 58.6 Å². The average molecular weight is 899 g/mol. The molecule has 24 heteroatoms. The van der Waals surface area contributed by atoms with Crippen molar-refractivity contribution < 1.29 is 53.4 Å². The Hall–Kier alpha value is -7.61. The Bertz CT molecular complexity index is 3270. The van der Waals surface area contributed by atoms with Gasteiger partial charge in [-0.3, -0.25) is 44.2 Å². The first-order valence-electron chi connectivity index (χ1n) is 17.3. The smallest absolute Gasteiger partial charge is 0.296 e. The van der Waals surface area contributed by atoms with Crippen LogP contribution in [0.5, 0.6) is 0 Å². The Balaban J connectivity index is 1.13. The van der Waals surface area contributed by atoms with E-state index in [1.54, 1.807) is 42.5 Å². The second-order valence-electron chi connectivity index (χ2n) is 13.1. The van der Waals surface area contributed by atoms with Crippen LogP contribution < -0.4 is 16.6 Å². The standard InChI is InChI=1S/C38H26N8O13S3/c39-34-33-22(16-31(61(54,55)56)35(34)44-42-25-4-3-5-26(18-25)46(49)50)17-32(62(57,58)59)36(38(33)48)45-41-24-14-10-21(11-15-24)20-8-12-23(13-9-20)40-43-29-19-30(60(51,52)53)27-6-1-2-7-28(27)37(29)47/h1-19,40-41H,39H2,(H,51,52,53)(H,54,55,56)(H,57,58,59)/b43-29+,44-42?,45-36-. The number of fused-ring (bicyclic) bond motifs is 2. The number of nitrogens with zero attached hydrogens (tertiary/aromatic N) is 5. The van der Waals surface area contributed by atoms with Crippen LogP contribution in [0.2, 0.25) is 0 Å². The van der Waals surface area contributed by atoms with Crippen molar-refractivity contribution in [2.45, 2.75) is 4.90 Å². The van der Waals surface area contributed by atoms with E-state index in [2.05, 4.69) is 31.3 Å². The van der Waals surface area contributed by atoms with Crippen molar-refractivity contribution in [2.75, 3.05) is 16.6 Å². The third kappa shape index (κ3) is 8.66. The number of non-ortho nitro benzene ring substituents is 1. The molecule has 0 bridgehead atoms. The highest BCUT2D eigenvalue weighted by Crippen LogP contribution is 2.41. The van der Waals surface area contributed by atoms with Gasteiger partial charge in [-0.05, 0) is 65.2 Å². The van der Waals surface area contributed by atoms with E-state index in [0.717, 1.165) is 18.2 Å². The van der Waals surface area contributed by atoms with Crippen LogP contribution in [-0.4, -0.2) is 66.8 Å². The monoisotopic (exact) mass is 898 g/mol. The first-order chi connectivity index (χ1) is 29.2. The fourth-order valence-corrected chi connectivity index (χ4v) is 8.24. The summed E-state index contributed by atoms with van der Waals surface area (Å²) in [5.41, 5.74) is 9.46. The Morgan fingerprint density at radius 1 is 0.629 bits per heavy atom. The number of nitro groups is 1. The summed E-state index contributed by atoms with van der Waals surface area (Å²) >= 11 is 0. The number of anilines is 3. The van der Waals surface area contributed by atoms with Gasteiger partial charge >= 0.3 is 0 Å². The highest BCUT2D eigenvalue weighted by atomic mass is 32.2. The van der Waals surface area contributed by atoms with E-state index in [4.69, 9.17) is 5.73 Å². The van der Waals surface area contributed by atoms with Crippen LogP contribution in [0.15, 0.2) is 139 Å². The van der Waals surface area contributed by atoms with Crippen LogP contribution in [0.4, 0.5) is 34.1 Å².